The Bertz CT molecular complexity index is 3290. The molecule has 8 atom stereocenters. The molecule has 0 N–H and O–H groups in total. The number of allylic oxidation sites excluding steroid dienone is 4. The van der Waals surface area contributed by atoms with Crippen LogP contribution in [0.25, 0.3) is 0 Å². The minimum Gasteiger partial charge on any atom is -0.458 e. The second kappa shape index (κ2) is 28.3. The Kier molecular flexibility index (Phi) is 22.7. The van der Waals surface area contributed by atoms with Gasteiger partial charge < -0.3 is 4.74 Å². The van der Waals surface area contributed by atoms with Crippen LogP contribution < -0.4 is 0 Å². The summed E-state index contributed by atoms with van der Waals surface area (Å²) in [4.78, 5) is 25.7. The smallest absolute Gasteiger partial charge is 0.306 e. The zero-order chi connectivity index (χ0) is 51.6. The third-order valence-corrected chi connectivity index (χ3v) is 13.9. The van der Waals surface area contributed by atoms with Gasteiger partial charge >= 0.3 is 5.97 Å². The first-order valence-corrected chi connectivity index (χ1v) is 23.9. The van der Waals surface area contributed by atoms with Gasteiger partial charge in [-0.15, -0.1) is 0 Å². The Labute approximate surface area is 417 Å². The van der Waals surface area contributed by atoms with Crippen molar-refractivity contribution in [1.29, 1.82) is 0 Å². The molecule has 1 spiro atoms. The van der Waals surface area contributed by atoms with Crippen molar-refractivity contribution >= 4 is 11.8 Å². The number of hydrogen-bond donors (Lipinski definition) is 0. The third-order valence-electron chi connectivity index (χ3n) is 13.9. The van der Waals surface area contributed by atoms with Crippen molar-refractivity contribution < 1.29 is 14.3 Å². The van der Waals surface area contributed by atoms with Crippen molar-refractivity contribution in [2.45, 2.75) is 132 Å². The number of carbonyl (C=O) groups excluding carboxylic acids is 2. The van der Waals surface area contributed by atoms with Crippen LogP contribution in [-0.4, -0.2) is 17.4 Å². The zero-order valence-electron chi connectivity index (χ0n) is 42.7. The highest BCUT2D eigenvalue weighted by Crippen LogP contribution is 2.72. The first-order chi connectivity index (χ1) is 33.6. The summed E-state index contributed by atoms with van der Waals surface area (Å²) in [7, 11) is 0. The Morgan fingerprint density at radius 1 is 0.686 bits per heavy atom. The van der Waals surface area contributed by atoms with Crippen LogP contribution in [0.5, 0.6) is 0 Å². The molecule has 348 valence electrons. The summed E-state index contributed by atoms with van der Waals surface area (Å²) >= 11 is 0. The van der Waals surface area contributed by atoms with Gasteiger partial charge in [0.05, 0.1) is 0 Å². The normalized spacial score (nSPS) is 25.3. The first kappa shape index (κ1) is 56.2. The summed E-state index contributed by atoms with van der Waals surface area (Å²) in [5, 5.41) is 0. The lowest BCUT2D eigenvalue weighted by Crippen LogP contribution is -2.55. The minimum atomic E-state index is -0.692. The Hall–Kier alpha value is -8.10. The lowest BCUT2D eigenvalue weighted by atomic mass is 9.44. The van der Waals surface area contributed by atoms with Gasteiger partial charge in [0.2, 0.25) is 0 Å². The fraction of sp³-hybridized carbons (Fsp3) is 0.418. The SMILES string of the molecule is C=C=C=C=C=C=C(C)CC.C=C=C=C=C=C=C=C=C=C=C=C=C=C=C1CC2(CCC(=O)O2)C2(C)CCC3C(C(=C=C=C=C=C=C)C(=C=C=C=C=C)C4=CC(=O)CCC43C)C12.CC1CC1C.CCC(C)C. The van der Waals surface area contributed by atoms with Gasteiger partial charge in [-0.05, 0) is 233 Å². The molecule has 5 aliphatic carbocycles. The van der Waals surface area contributed by atoms with Gasteiger partial charge in [-0.2, -0.15) is 0 Å². The molecule has 1 aliphatic heterocycles. The summed E-state index contributed by atoms with van der Waals surface area (Å²) in [6.45, 7) is 33.6. The highest BCUT2D eigenvalue weighted by molar-refractivity contribution is 5.93. The summed E-state index contributed by atoms with van der Waals surface area (Å²) < 4.78 is 6.28. The van der Waals surface area contributed by atoms with Crippen LogP contribution in [0.2, 0.25) is 0 Å². The van der Waals surface area contributed by atoms with Crippen LogP contribution in [-0.2, 0) is 14.3 Å². The second-order valence-electron chi connectivity index (χ2n) is 18.7. The second-order valence-corrected chi connectivity index (χ2v) is 18.7. The maximum atomic E-state index is 12.9. The average Bonchev–Trinajstić information content (AvgIpc) is 3.73. The summed E-state index contributed by atoms with van der Waals surface area (Å²) in [5.74, 6) is 2.72. The molecule has 3 nitrogen and oxygen atoms in total. The predicted octanol–water partition coefficient (Wildman–Crippen LogP) is 15.0. The predicted molar refractivity (Wildman–Crippen MR) is 276 cm³/mol. The lowest BCUT2D eigenvalue weighted by molar-refractivity contribution is -0.165. The van der Waals surface area contributed by atoms with Crippen LogP contribution in [0.4, 0.5) is 0 Å². The van der Waals surface area contributed by atoms with E-state index in [1.807, 2.05) is 6.92 Å². The van der Waals surface area contributed by atoms with Gasteiger partial charge in [-0.1, -0.05) is 108 Å². The van der Waals surface area contributed by atoms with E-state index in [4.69, 9.17) is 4.74 Å². The number of hydrogen-bond acceptors (Lipinski definition) is 3. The van der Waals surface area contributed by atoms with E-state index >= 15 is 0 Å². The van der Waals surface area contributed by atoms with Crippen LogP contribution in [0.3, 0.4) is 0 Å². The van der Waals surface area contributed by atoms with Crippen LogP contribution in [0.1, 0.15) is 127 Å². The van der Waals surface area contributed by atoms with E-state index in [2.05, 4.69) is 236 Å². The first-order valence-electron chi connectivity index (χ1n) is 23.9. The monoisotopic (exact) mass is 914 g/mol. The van der Waals surface area contributed by atoms with Crippen LogP contribution >= 0.6 is 0 Å². The van der Waals surface area contributed by atoms with Gasteiger partial charge in [0.25, 0.3) is 0 Å². The third kappa shape index (κ3) is 15.5. The highest BCUT2D eigenvalue weighted by Gasteiger charge is 2.70. The fourth-order valence-corrected chi connectivity index (χ4v) is 9.32. The Morgan fingerprint density at radius 3 is 1.67 bits per heavy atom. The molecule has 1 heterocycles. The van der Waals surface area contributed by atoms with Gasteiger partial charge in [0.1, 0.15) is 5.60 Å². The van der Waals surface area contributed by atoms with Crippen molar-refractivity contribution in [2.24, 2.45) is 46.3 Å². The molecule has 8 unspecified atom stereocenters. The van der Waals surface area contributed by atoms with E-state index in [0.717, 1.165) is 59.3 Å². The van der Waals surface area contributed by atoms with E-state index in [-0.39, 0.29) is 34.9 Å². The molecule has 0 aromatic heterocycles. The molecule has 3 heteroatoms. The Morgan fingerprint density at radius 2 is 1.17 bits per heavy atom. The molecule has 70 heavy (non-hydrogen) atoms. The topological polar surface area (TPSA) is 43.4 Å². The standard InChI is InChI=1S/C47H30O3.C10H10.C5H10.C5H12/c1-6-9-12-14-15-16-17-18-19-20-21-23-25-36-35-47(33-30-42(49)50-47)46(5)32-29-40-43(44(36)46)39(27-24-13-10-7-2)38(26-22-11-8-3)41-34-37(48)28-31-45(40,41)4;1-4-6-7-8-9-10(3)5-2;1-4-3-5(4)2;1-4-5(2)3/h34,40,43-44H,1-3,28-33,35H2,4-5H3;1,5H2,2-3H3;4-5H,3H2,1-2H3;5H,4H2,1-3H3. The molecule has 0 radical (unpaired) electrons. The van der Waals surface area contributed by atoms with Crippen molar-refractivity contribution in [2.75, 3.05) is 0 Å². The quantitative estimate of drug-likeness (QED) is 0.205. The van der Waals surface area contributed by atoms with E-state index in [1.54, 1.807) is 6.08 Å². The van der Waals surface area contributed by atoms with Gasteiger partial charge in [-0.3, -0.25) is 9.59 Å². The maximum absolute atomic E-state index is 12.9. The molecule has 5 fully saturated rings. The van der Waals surface area contributed by atoms with E-state index < -0.39 is 11.0 Å². The summed E-state index contributed by atoms with van der Waals surface area (Å²) in [5.41, 5.74) is 77.3. The largest absolute Gasteiger partial charge is 0.458 e. The molecular weight excluding hydrogens is 853 g/mol. The zero-order valence-corrected chi connectivity index (χ0v) is 42.7. The van der Waals surface area contributed by atoms with E-state index in [1.165, 1.54) is 12.8 Å². The van der Waals surface area contributed by atoms with E-state index in [0.29, 0.717) is 37.7 Å². The summed E-state index contributed by atoms with van der Waals surface area (Å²) in [6.07, 6.45) is 9.85. The molecular formula is C67H62O3. The molecule has 0 bridgehead atoms. The van der Waals surface area contributed by atoms with E-state index in [9.17, 15) is 9.59 Å². The molecule has 4 saturated carbocycles. The molecule has 1 saturated heterocycles. The summed E-state index contributed by atoms with van der Waals surface area (Å²) in [6, 6.07) is 0. The maximum Gasteiger partial charge on any atom is 0.306 e. The lowest BCUT2D eigenvalue weighted by Gasteiger charge is -2.59. The van der Waals surface area contributed by atoms with Crippen LogP contribution in [0.15, 0.2) is 215 Å². The number of ether oxygens (including phenoxy) is 1. The number of esters is 1. The molecule has 6 aliphatic rings. The number of ketones is 1. The van der Waals surface area contributed by atoms with Crippen LogP contribution in [0, 0.1) is 46.3 Å². The molecule has 0 aromatic rings. The van der Waals surface area contributed by atoms with Crippen molar-refractivity contribution in [1.82, 2.24) is 0 Å². The molecule has 0 aromatic carbocycles. The van der Waals surface area contributed by atoms with Crippen molar-refractivity contribution in [3.63, 3.8) is 0 Å². The van der Waals surface area contributed by atoms with Gasteiger partial charge in [0, 0.05) is 47.7 Å². The highest BCUT2D eigenvalue weighted by atomic mass is 16.6. The van der Waals surface area contributed by atoms with Gasteiger partial charge in [-0.25, -0.2) is 0 Å². The minimum absolute atomic E-state index is 0.0699. The van der Waals surface area contributed by atoms with Crippen molar-refractivity contribution in [3.8, 4) is 0 Å². The number of carbonyl (C=O) groups is 2. The number of rotatable bonds is 2. The van der Waals surface area contributed by atoms with Gasteiger partial charge in [0.15, 0.2) is 5.78 Å². The molecule has 6 rings (SSSR count). The Balaban J connectivity index is 0.000000538. The van der Waals surface area contributed by atoms with Crippen molar-refractivity contribution in [3.05, 3.63) is 215 Å². The number of fused-ring (bicyclic) bond motifs is 6. The molecule has 0 amide bonds. The fourth-order valence-electron chi connectivity index (χ4n) is 9.32. The average molecular weight is 915 g/mol.